The molecule has 0 saturated carbocycles. The molecule has 0 atom stereocenters. The molecule has 0 fully saturated rings. The van der Waals surface area contributed by atoms with Crippen molar-refractivity contribution < 1.29 is 17.9 Å². The van der Waals surface area contributed by atoms with E-state index in [0.717, 1.165) is 5.56 Å². The van der Waals surface area contributed by atoms with E-state index < -0.39 is 6.36 Å². The lowest BCUT2D eigenvalue weighted by molar-refractivity contribution is -0.274. The Morgan fingerprint density at radius 3 is 2.33 bits per heavy atom. The van der Waals surface area contributed by atoms with Gasteiger partial charge in [-0.25, -0.2) is 0 Å². The van der Waals surface area contributed by atoms with E-state index >= 15 is 0 Å². The molecule has 2 aromatic rings. The second-order valence-electron chi connectivity index (χ2n) is 4.64. The van der Waals surface area contributed by atoms with E-state index in [0.29, 0.717) is 5.56 Å². The van der Waals surface area contributed by atoms with Gasteiger partial charge in [0.25, 0.3) is 0 Å². The van der Waals surface area contributed by atoms with Gasteiger partial charge in [0.05, 0.1) is 6.54 Å². The molecule has 7 heteroatoms. The van der Waals surface area contributed by atoms with Gasteiger partial charge in [0, 0.05) is 5.56 Å². The van der Waals surface area contributed by atoms with Gasteiger partial charge in [-0.1, -0.05) is 54.6 Å². The zero-order valence-corrected chi connectivity index (χ0v) is 13.3. The van der Waals surface area contributed by atoms with Crippen LogP contribution in [0.3, 0.4) is 0 Å². The monoisotopic (exact) mass is 356 g/mol. The first-order valence-corrected chi connectivity index (χ1v) is 6.81. The summed E-state index contributed by atoms with van der Waals surface area (Å²) in [5, 5.41) is 0. The molecule has 0 amide bonds. The largest absolute Gasteiger partial charge is 0.573 e. The van der Waals surface area contributed by atoms with Crippen molar-refractivity contribution in [2.45, 2.75) is 12.9 Å². The van der Waals surface area contributed by atoms with Crippen LogP contribution < -0.4 is 10.5 Å². The van der Waals surface area contributed by atoms with Gasteiger partial charge in [0.2, 0.25) is 0 Å². The number of alkyl halides is 3. The van der Waals surface area contributed by atoms with Crippen molar-refractivity contribution in [3.63, 3.8) is 0 Å². The summed E-state index contributed by atoms with van der Waals surface area (Å²) in [6, 6.07) is 15.3. The molecule has 2 rings (SSSR count). The molecule has 3 nitrogen and oxygen atoms in total. The minimum absolute atomic E-state index is 0. The zero-order valence-electron chi connectivity index (χ0n) is 12.5. The third-order valence-corrected chi connectivity index (χ3v) is 2.88. The standard InChI is InChI=1S/C17H15F3N2O.ClH/c18-17(19,20)23-15-9-5-4-8-14(15)12-22-16(21)11-10-13-6-2-1-3-7-13;/h1-11H,12H2,(H2,21,22);1H/b11-10+;. The predicted octanol–water partition coefficient (Wildman–Crippen LogP) is 4.58. The van der Waals surface area contributed by atoms with Crippen LogP contribution in [0.2, 0.25) is 0 Å². The molecule has 0 aliphatic rings. The number of aliphatic imine (C=N–C) groups is 1. The highest BCUT2D eigenvalue weighted by Crippen LogP contribution is 2.26. The third kappa shape index (κ3) is 6.75. The molecule has 0 spiro atoms. The molecule has 0 unspecified atom stereocenters. The lowest BCUT2D eigenvalue weighted by Crippen LogP contribution is -2.18. The van der Waals surface area contributed by atoms with Crippen molar-refractivity contribution in [1.29, 1.82) is 0 Å². The first kappa shape index (κ1) is 19.6. The number of para-hydroxylation sites is 1. The average molecular weight is 357 g/mol. The molecule has 0 saturated heterocycles. The average Bonchev–Trinajstić information content (AvgIpc) is 2.51. The minimum Gasteiger partial charge on any atom is -0.405 e. The van der Waals surface area contributed by atoms with Gasteiger partial charge < -0.3 is 10.5 Å². The number of hydrogen-bond donors (Lipinski definition) is 1. The van der Waals surface area contributed by atoms with Crippen LogP contribution in [0.5, 0.6) is 5.75 Å². The van der Waals surface area contributed by atoms with Gasteiger partial charge in [-0.3, -0.25) is 4.99 Å². The highest BCUT2D eigenvalue weighted by molar-refractivity contribution is 5.95. The Balaban J connectivity index is 0.00000288. The summed E-state index contributed by atoms with van der Waals surface area (Å²) in [7, 11) is 0. The minimum atomic E-state index is -4.74. The number of hydrogen-bond acceptors (Lipinski definition) is 2. The first-order chi connectivity index (χ1) is 10.9. The maximum absolute atomic E-state index is 12.3. The molecule has 0 aromatic heterocycles. The van der Waals surface area contributed by atoms with Crippen LogP contribution in [-0.4, -0.2) is 12.2 Å². The van der Waals surface area contributed by atoms with Crippen molar-refractivity contribution in [3.05, 3.63) is 71.8 Å². The number of nitrogens with two attached hydrogens (primary N) is 1. The van der Waals surface area contributed by atoms with E-state index in [1.165, 1.54) is 18.2 Å². The quantitative estimate of drug-likeness (QED) is 0.629. The third-order valence-electron chi connectivity index (χ3n) is 2.88. The SMILES string of the molecule is Cl.NC(/C=C/c1ccccc1)=NCc1ccccc1OC(F)(F)F. The summed E-state index contributed by atoms with van der Waals surface area (Å²) in [5.74, 6) is -0.0562. The molecule has 24 heavy (non-hydrogen) atoms. The van der Waals surface area contributed by atoms with Crippen molar-refractivity contribution in [3.8, 4) is 5.75 Å². The zero-order chi connectivity index (χ0) is 16.7. The van der Waals surface area contributed by atoms with Crippen molar-refractivity contribution >= 4 is 24.3 Å². The van der Waals surface area contributed by atoms with Gasteiger partial charge in [0.1, 0.15) is 11.6 Å². The van der Waals surface area contributed by atoms with Gasteiger partial charge in [-0.05, 0) is 17.7 Å². The van der Waals surface area contributed by atoms with Crippen molar-refractivity contribution in [2.75, 3.05) is 0 Å². The summed E-state index contributed by atoms with van der Waals surface area (Å²) in [4.78, 5) is 4.06. The lowest BCUT2D eigenvalue weighted by Gasteiger charge is -2.11. The van der Waals surface area contributed by atoms with Crippen LogP contribution in [0.15, 0.2) is 65.7 Å². The Labute approximate surface area is 144 Å². The summed E-state index contributed by atoms with van der Waals surface area (Å²) in [6.07, 6.45) is -1.36. The highest BCUT2D eigenvalue weighted by Gasteiger charge is 2.31. The molecule has 0 aliphatic heterocycles. The smallest absolute Gasteiger partial charge is 0.405 e. The van der Waals surface area contributed by atoms with Crippen LogP contribution in [0.4, 0.5) is 13.2 Å². The van der Waals surface area contributed by atoms with Gasteiger partial charge in [-0.2, -0.15) is 0 Å². The summed E-state index contributed by atoms with van der Waals surface area (Å²) >= 11 is 0. The fourth-order valence-electron chi connectivity index (χ4n) is 1.83. The van der Waals surface area contributed by atoms with Crippen molar-refractivity contribution in [1.82, 2.24) is 0 Å². The fourth-order valence-corrected chi connectivity index (χ4v) is 1.83. The second-order valence-corrected chi connectivity index (χ2v) is 4.64. The molecular formula is C17H16ClF3N2O. The molecule has 2 N–H and O–H groups in total. The number of halogens is 4. The predicted molar refractivity (Wildman–Crippen MR) is 91.2 cm³/mol. The molecule has 2 aromatic carbocycles. The Morgan fingerprint density at radius 1 is 1.04 bits per heavy atom. The Bertz CT molecular complexity index is 700. The first-order valence-electron chi connectivity index (χ1n) is 6.81. The lowest BCUT2D eigenvalue weighted by atomic mass is 10.2. The molecular weight excluding hydrogens is 341 g/mol. The van der Waals surface area contributed by atoms with E-state index in [-0.39, 0.29) is 30.5 Å². The maximum atomic E-state index is 12.3. The van der Waals surface area contributed by atoms with Gasteiger partial charge >= 0.3 is 6.36 Å². The summed E-state index contributed by atoms with van der Waals surface area (Å²) < 4.78 is 41.0. The van der Waals surface area contributed by atoms with E-state index in [2.05, 4.69) is 9.73 Å². The number of rotatable bonds is 5. The summed E-state index contributed by atoms with van der Waals surface area (Å²) in [6.45, 7) is -0.00276. The normalized spacial score (nSPS) is 12.0. The van der Waals surface area contributed by atoms with Crippen LogP contribution in [0, 0.1) is 0 Å². The van der Waals surface area contributed by atoms with E-state index in [1.807, 2.05) is 30.3 Å². The number of nitrogens with zero attached hydrogens (tertiary/aromatic N) is 1. The fraction of sp³-hybridized carbons (Fsp3) is 0.118. The van der Waals surface area contributed by atoms with E-state index in [4.69, 9.17) is 5.73 Å². The Hall–Kier alpha value is -2.47. The second kappa shape index (κ2) is 8.98. The van der Waals surface area contributed by atoms with Gasteiger partial charge in [-0.15, -0.1) is 25.6 Å². The number of ether oxygens (including phenoxy) is 1. The number of amidine groups is 1. The Morgan fingerprint density at radius 2 is 1.67 bits per heavy atom. The topological polar surface area (TPSA) is 47.6 Å². The summed E-state index contributed by atoms with van der Waals surface area (Å²) in [5.41, 5.74) is 7.00. The van der Waals surface area contributed by atoms with Crippen LogP contribution in [-0.2, 0) is 6.54 Å². The van der Waals surface area contributed by atoms with Crippen LogP contribution in [0.25, 0.3) is 6.08 Å². The number of benzene rings is 2. The van der Waals surface area contributed by atoms with Crippen LogP contribution >= 0.6 is 12.4 Å². The Kier molecular flexibility index (Phi) is 7.32. The van der Waals surface area contributed by atoms with Crippen LogP contribution in [0.1, 0.15) is 11.1 Å². The molecule has 0 radical (unpaired) electrons. The van der Waals surface area contributed by atoms with Gasteiger partial charge in [0.15, 0.2) is 0 Å². The van der Waals surface area contributed by atoms with E-state index in [1.54, 1.807) is 18.2 Å². The molecule has 0 heterocycles. The molecule has 0 bridgehead atoms. The van der Waals surface area contributed by atoms with Crippen molar-refractivity contribution in [2.24, 2.45) is 10.7 Å². The molecule has 128 valence electrons. The molecule has 0 aliphatic carbocycles. The maximum Gasteiger partial charge on any atom is 0.573 e. The van der Waals surface area contributed by atoms with E-state index in [9.17, 15) is 13.2 Å². The highest BCUT2D eigenvalue weighted by atomic mass is 35.5.